The van der Waals surface area contributed by atoms with E-state index in [4.69, 9.17) is 0 Å². The van der Waals surface area contributed by atoms with E-state index < -0.39 is 0 Å². The molecule has 1 saturated carbocycles. The Labute approximate surface area is 115 Å². The molecule has 0 radical (unpaired) electrons. The van der Waals surface area contributed by atoms with Crippen molar-refractivity contribution in [2.75, 3.05) is 20.6 Å². The summed E-state index contributed by atoms with van der Waals surface area (Å²) in [6.07, 6.45) is 6.86. The topological polar surface area (TPSA) is 15.3 Å². The van der Waals surface area contributed by atoms with Crippen LogP contribution in [0.4, 0.5) is 0 Å². The Hall–Kier alpha value is -0.0800. The van der Waals surface area contributed by atoms with Gasteiger partial charge in [0.15, 0.2) is 0 Å². The van der Waals surface area contributed by atoms with Gasteiger partial charge in [-0.15, -0.1) is 0 Å². The maximum atomic E-state index is 3.92. The molecule has 1 N–H and O–H groups in total. The molecule has 0 aromatic carbocycles. The molecule has 2 unspecified atom stereocenters. The third-order valence-corrected chi connectivity index (χ3v) is 4.39. The summed E-state index contributed by atoms with van der Waals surface area (Å²) in [5.41, 5.74) is 0.561. The SMILES string of the molecule is CC(C)C(CN(C)C)NC1CCCC(C)(C)CC1. The average Bonchev–Trinajstić information content (AvgIpc) is 2.38. The Bertz CT molecular complexity index is 233. The molecule has 2 atom stereocenters. The Kier molecular flexibility index (Phi) is 6.13. The molecule has 1 aliphatic rings. The predicted octanol–water partition coefficient (Wildman–Crippen LogP) is 3.52. The highest BCUT2D eigenvalue weighted by molar-refractivity contribution is 4.83. The van der Waals surface area contributed by atoms with Gasteiger partial charge in [-0.2, -0.15) is 0 Å². The monoisotopic (exact) mass is 254 g/mol. The molecule has 0 spiro atoms. The van der Waals surface area contributed by atoms with E-state index in [1.807, 2.05) is 0 Å². The van der Waals surface area contributed by atoms with Crippen molar-refractivity contribution in [3.05, 3.63) is 0 Å². The van der Waals surface area contributed by atoms with Crippen molar-refractivity contribution in [3.8, 4) is 0 Å². The van der Waals surface area contributed by atoms with Crippen molar-refractivity contribution in [2.24, 2.45) is 11.3 Å². The molecule has 1 fully saturated rings. The van der Waals surface area contributed by atoms with Crippen LogP contribution in [0.25, 0.3) is 0 Å². The first kappa shape index (κ1) is 16.0. The summed E-state index contributed by atoms with van der Waals surface area (Å²) < 4.78 is 0. The second kappa shape index (κ2) is 6.91. The minimum absolute atomic E-state index is 0.561. The van der Waals surface area contributed by atoms with Crippen molar-refractivity contribution < 1.29 is 0 Å². The zero-order valence-corrected chi connectivity index (χ0v) is 13.4. The Morgan fingerprint density at radius 3 is 2.39 bits per heavy atom. The van der Waals surface area contributed by atoms with Crippen LogP contribution >= 0.6 is 0 Å². The molecule has 18 heavy (non-hydrogen) atoms. The number of rotatable bonds is 5. The van der Waals surface area contributed by atoms with E-state index in [2.05, 4.69) is 52.0 Å². The normalized spacial score (nSPS) is 26.3. The molecule has 2 heteroatoms. The summed E-state index contributed by atoms with van der Waals surface area (Å²) in [6, 6.07) is 1.37. The quantitative estimate of drug-likeness (QED) is 0.755. The van der Waals surface area contributed by atoms with Gasteiger partial charge in [0.2, 0.25) is 0 Å². The minimum atomic E-state index is 0.561. The van der Waals surface area contributed by atoms with Crippen molar-refractivity contribution >= 4 is 0 Å². The molecule has 1 rings (SSSR count). The lowest BCUT2D eigenvalue weighted by Gasteiger charge is -2.30. The molecule has 108 valence electrons. The van der Waals surface area contributed by atoms with Crippen LogP contribution in [-0.2, 0) is 0 Å². The van der Waals surface area contributed by atoms with Gasteiger partial charge in [0, 0.05) is 18.6 Å². The van der Waals surface area contributed by atoms with Crippen molar-refractivity contribution in [2.45, 2.75) is 71.9 Å². The van der Waals surface area contributed by atoms with Crippen LogP contribution in [0, 0.1) is 11.3 Å². The maximum absolute atomic E-state index is 3.92. The Morgan fingerprint density at radius 1 is 1.17 bits per heavy atom. The lowest BCUT2D eigenvalue weighted by atomic mass is 9.85. The lowest BCUT2D eigenvalue weighted by Crippen LogP contribution is -2.46. The van der Waals surface area contributed by atoms with E-state index in [0.717, 1.165) is 12.6 Å². The van der Waals surface area contributed by atoms with Gasteiger partial charge in [0.05, 0.1) is 0 Å². The minimum Gasteiger partial charge on any atom is -0.310 e. The summed E-state index contributed by atoms with van der Waals surface area (Å²) >= 11 is 0. The third kappa shape index (κ3) is 5.71. The second-order valence-corrected chi connectivity index (χ2v) is 7.57. The molecule has 0 saturated heterocycles. The molecular weight excluding hydrogens is 220 g/mol. The Morgan fingerprint density at radius 2 is 1.83 bits per heavy atom. The zero-order chi connectivity index (χ0) is 13.8. The summed E-state index contributed by atoms with van der Waals surface area (Å²) in [5.74, 6) is 0.712. The fraction of sp³-hybridized carbons (Fsp3) is 1.00. The summed E-state index contributed by atoms with van der Waals surface area (Å²) in [5, 5.41) is 3.92. The lowest BCUT2D eigenvalue weighted by molar-refractivity contribution is 0.255. The summed E-state index contributed by atoms with van der Waals surface area (Å²) in [4.78, 5) is 2.30. The van der Waals surface area contributed by atoms with Crippen molar-refractivity contribution in [1.29, 1.82) is 0 Å². The first-order chi connectivity index (χ1) is 8.30. The molecular formula is C16H34N2. The average molecular weight is 254 g/mol. The van der Waals surface area contributed by atoms with Gasteiger partial charge in [0.1, 0.15) is 0 Å². The predicted molar refractivity (Wildman–Crippen MR) is 81.0 cm³/mol. The van der Waals surface area contributed by atoms with Crippen LogP contribution in [0.2, 0.25) is 0 Å². The molecule has 0 bridgehead atoms. The summed E-state index contributed by atoms with van der Waals surface area (Å²) in [7, 11) is 4.35. The molecule has 0 heterocycles. The molecule has 1 aliphatic carbocycles. The van der Waals surface area contributed by atoms with Gasteiger partial charge in [-0.3, -0.25) is 0 Å². The molecule has 0 aromatic heterocycles. The summed E-state index contributed by atoms with van der Waals surface area (Å²) in [6.45, 7) is 10.7. The molecule has 0 aliphatic heterocycles. The third-order valence-electron chi connectivity index (χ3n) is 4.39. The standard InChI is InChI=1S/C16H34N2/c1-13(2)15(12-18(5)6)17-14-8-7-10-16(3,4)11-9-14/h13-15,17H,7-12H2,1-6H3. The fourth-order valence-corrected chi connectivity index (χ4v) is 2.98. The van der Waals surface area contributed by atoms with Crippen molar-refractivity contribution in [1.82, 2.24) is 10.2 Å². The largest absolute Gasteiger partial charge is 0.310 e. The van der Waals surface area contributed by atoms with Gasteiger partial charge in [-0.25, -0.2) is 0 Å². The van der Waals surface area contributed by atoms with Crippen molar-refractivity contribution in [3.63, 3.8) is 0 Å². The van der Waals surface area contributed by atoms with Crippen LogP contribution in [0.15, 0.2) is 0 Å². The van der Waals surface area contributed by atoms with Crippen LogP contribution in [0.1, 0.15) is 59.8 Å². The van der Waals surface area contributed by atoms with E-state index in [9.17, 15) is 0 Å². The van der Waals surface area contributed by atoms with Crippen LogP contribution in [0.3, 0.4) is 0 Å². The van der Waals surface area contributed by atoms with E-state index >= 15 is 0 Å². The highest BCUT2D eigenvalue weighted by Crippen LogP contribution is 2.33. The van der Waals surface area contributed by atoms with Gasteiger partial charge >= 0.3 is 0 Å². The van der Waals surface area contributed by atoms with Crippen LogP contribution in [0.5, 0.6) is 0 Å². The van der Waals surface area contributed by atoms with E-state index in [1.54, 1.807) is 0 Å². The van der Waals surface area contributed by atoms with Gasteiger partial charge in [-0.1, -0.05) is 34.1 Å². The zero-order valence-electron chi connectivity index (χ0n) is 13.4. The molecule has 0 aromatic rings. The van der Waals surface area contributed by atoms with Gasteiger partial charge in [0.25, 0.3) is 0 Å². The van der Waals surface area contributed by atoms with Crippen LogP contribution < -0.4 is 5.32 Å². The number of nitrogens with zero attached hydrogens (tertiary/aromatic N) is 1. The first-order valence-electron chi connectivity index (χ1n) is 7.71. The number of hydrogen-bond donors (Lipinski definition) is 1. The van der Waals surface area contributed by atoms with E-state index in [0.29, 0.717) is 17.4 Å². The Balaban J connectivity index is 2.48. The fourth-order valence-electron chi connectivity index (χ4n) is 2.98. The van der Waals surface area contributed by atoms with E-state index in [1.165, 1.54) is 32.1 Å². The number of likely N-dealkylation sites (N-methyl/N-ethyl adjacent to an activating group) is 1. The smallest absolute Gasteiger partial charge is 0.0220 e. The maximum Gasteiger partial charge on any atom is 0.0220 e. The molecule has 0 amide bonds. The molecule has 2 nitrogen and oxygen atoms in total. The number of nitrogens with one attached hydrogen (secondary N) is 1. The van der Waals surface area contributed by atoms with Gasteiger partial charge < -0.3 is 10.2 Å². The second-order valence-electron chi connectivity index (χ2n) is 7.57. The highest BCUT2D eigenvalue weighted by atomic mass is 15.1. The number of hydrogen-bond acceptors (Lipinski definition) is 2. The van der Waals surface area contributed by atoms with Crippen LogP contribution in [-0.4, -0.2) is 37.6 Å². The van der Waals surface area contributed by atoms with Gasteiger partial charge in [-0.05, 0) is 51.1 Å². The highest BCUT2D eigenvalue weighted by Gasteiger charge is 2.26. The van der Waals surface area contributed by atoms with E-state index in [-0.39, 0.29) is 0 Å². The first-order valence-corrected chi connectivity index (χ1v) is 7.71.